The number of amides is 2. The number of ether oxygens (including phenoxy) is 1. The third-order valence-electron chi connectivity index (χ3n) is 5.18. The first kappa shape index (κ1) is 20.8. The van der Waals surface area contributed by atoms with E-state index in [1.807, 2.05) is 0 Å². The Morgan fingerprint density at radius 3 is 2.61 bits per heavy atom. The molecule has 2 atom stereocenters. The van der Waals surface area contributed by atoms with E-state index < -0.39 is 18.0 Å². The summed E-state index contributed by atoms with van der Waals surface area (Å²) in [5.41, 5.74) is 2.94. The van der Waals surface area contributed by atoms with Crippen LogP contribution in [0.3, 0.4) is 0 Å². The van der Waals surface area contributed by atoms with Gasteiger partial charge in [-0.15, -0.1) is 0 Å². The minimum absolute atomic E-state index is 0.145. The van der Waals surface area contributed by atoms with Crippen LogP contribution in [0.4, 0.5) is 14.9 Å². The summed E-state index contributed by atoms with van der Waals surface area (Å²) in [6.45, 7) is 1.81. The van der Waals surface area contributed by atoms with Crippen molar-refractivity contribution >= 4 is 23.4 Å². The molecule has 8 nitrogen and oxygen atoms in total. The van der Waals surface area contributed by atoms with Gasteiger partial charge < -0.3 is 20.0 Å². The second-order valence-electron chi connectivity index (χ2n) is 7.45. The molecule has 2 amide bonds. The number of carbonyl (C=O) groups is 2. The highest BCUT2D eigenvalue weighted by Gasteiger charge is 2.31. The van der Waals surface area contributed by atoms with E-state index in [-0.39, 0.29) is 25.2 Å². The van der Waals surface area contributed by atoms with Crippen LogP contribution in [0.1, 0.15) is 18.9 Å². The van der Waals surface area contributed by atoms with Gasteiger partial charge in [0.15, 0.2) is 0 Å². The van der Waals surface area contributed by atoms with E-state index in [1.165, 1.54) is 17.9 Å². The van der Waals surface area contributed by atoms with Crippen molar-refractivity contribution in [1.29, 1.82) is 0 Å². The molecule has 0 bridgehead atoms. The second kappa shape index (κ2) is 8.73. The average molecular weight is 427 g/mol. The van der Waals surface area contributed by atoms with Crippen molar-refractivity contribution in [2.24, 2.45) is 5.16 Å². The number of rotatable bonds is 6. The van der Waals surface area contributed by atoms with Crippen LogP contribution in [0.15, 0.2) is 47.6 Å². The van der Waals surface area contributed by atoms with Gasteiger partial charge in [-0.3, -0.25) is 9.69 Å². The third kappa shape index (κ3) is 4.51. The van der Waals surface area contributed by atoms with Crippen LogP contribution >= 0.6 is 0 Å². The van der Waals surface area contributed by atoms with Gasteiger partial charge in [-0.05, 0) is 23.8 Å². The monoisotopic (exact) mass is 427 g/mol. The summed E-state index contributed by atoms with van der Waals surface area (Å²) in [6.07, 6.45) is -0.845. The molecule has 2 aliphatic rings. The summed E-state index contributed by atoms with van der Waals surface area (Å²) >= 11 is 0. The highest BCUT2D eigenvalue weighted by molar-refractivity contribution is 6.01. The summed E-state index contributed by atoms with van der Waals surface area (Å²) in [5.74, 6) is -0.549. The Bertz CT molecular complexity index is 1020. The zero-order valence-electron chi connectivity index (χ0n) is 16.9. The predicted molar refractivity (Wildman–Crippen MR) is 111 cm³/mol. The molecule has 0 saturated carbocycles. The van der Waals surface area contributed by atoms with E-state index in [1.54, 1.807) is 36.4 Å². The smallest absolute Gasteiger partial charge is 0.414 e. The van der Waals surface area contributed by atoms with Gasteiger partial charge in [0, 0.05) is 30.2 Å². The van der Waals surface area contributed by atoms with E-state index >= 15 is 0 Å². The number of carbonyl (C=O) groups excluding carboxylic acids is 2. The number of benzene rings is 2. The lowest BCUT2D eigenvalue weighted by atomic mass is 9.99. The molecule has 4 rings (SSSR count). The van der Waals surface area contributed by atoms with Crippen LogP contribution in [-0.4, -0.2) is 54.7 Å². The Labute approximate surface area is 178 Å². The molecule has 2 heterocycles. The predicted octanol–water partition coefficient (Wildman–Crippen LogP) is 2.44. The van der Waals surface area contributed by atoms with Gasteiger partial charge in [0.05, 0.1) is 25.4 Å². The van der Waals surface area contributed by atoms with E-state index in [2.05, 4.69) is 10.5 Å². The second-order valence-corrected chi connectivity index (χ2v) is 7.45. The standard InChI is InChI=1S/C22H22FN3O5/c1-13(28)24-10-17-9-21(25-31-17)15-4-7-19(20(23)8-15)14-2-5-16(6-3-14)26-11-18(12-27)30-22(26)29/h2-8,17-18,27H,9-12H2,1H3,(H,24,28)/t17?,18-/m1/s1. The number of nitrogens with one attached hydrogen (secondary N) is 1. The Kier molecular flexibility index (Phi) is 5.85. The normalized spacial score (nSPS) is 20.3. The third-order valence-corrected chi connectivity index (χ3v) is 5.18. The fraction of sp³-hybridized carbons (Fsp3) is 0.318. The highest BCUT2D eigenvalue weighted by atomic mass is 19.1. The van der Waals surface area contributed by atoms with Crippen molar-refractivity contribution in [3.8, 4) is 11.1 Å². The molecule has 2 aromatic carbocycles. The number of oxime groups is 1. The molecule has 1 saturated heterocycles. The first-order chi connectivity index (χ1) is 14.9. The van der Waals surface area contributed by atoms with Crippen molar-refractivity contribution in [3.05, 3.63) is 53.8 Å². The Balaban J connectivity index is 1.45. The molecule has 0 spiro atoms. The van der Waals surface area contributed by atoms with E-state index in [9.17, 15) is 14.0 Å². The maximum atomic E-state index is 14.8. The van der Waals surface area contributed by atoms with Crippen molar-refractivity contribution in [1.82, 2.24) is 5.32 Å². The molecule has 1 unspecified atom stereocenters. The van der Waals surface area contributed by atoms with E-state index in [4.69, 9.17) is 14.7 Å². The number of aliphatic hydroxyl groups excluding tert-OH is 1. The van der Waals surface area contributed by atoms with E-state index in [0.29, 0.717) is 41.1 Å². The molecule has 9 heteroatoms. The van der Waals surface area contributed by atoms with Crippen molar-refractivity contribution in [2.45, 2.75) is 25.6 Å². The lowest BCUT2D eigenvalue weighted by molar-refractivity contribution is -0.119. The Hall–Kier alpha value is -3.46. The van der Waals surface area contributed by atoms with Gasteiger partial charge in [0.2, 0.25) is 5.91 Å². The highest BCUT2D eigenvalue weighted by Crippen LogP contribution is 2.29. The zero-order chi connectivity index (χ0) is 22.0. The van der Waals surface area contributed by atoms with Crippen LogP contribution in [0.2, 0.25) is 0 Å². The van der Waals surface area contributed by atoms with E-state index in [0.717, 1.165) is 0 Å². The fourth-order valence-electron chi connectivity index (χ4n) is 3.54. The summed E-state index contributed by atoms with van der Waals surface area (Å²) in [4.78, 5) is 29.7. The molecular weight excluding hydrogens is 405 g/mol. The molecule has 0 radical (unpaired) electrons. The number of nitrogens with zero attached hydrogens (tertiary/aromatic N) is 2. The van der Waals surface area contributed by atoms with Crippen LogP contribution in [0, 0.1) is 5.82 Å². The molecule has 0 aliphatic carbocycles. The minimum Gasteiger partial charge on any atom is -0.441 e. The summed E-state index contributed by atoms with van der Waals surface area (Å²) in [7, 11) is 0. The van der Waals surface area contributed by atoms with Gasteiger partial charge in [-0.25, -0.2) is 9.18 Å². The lowest BCUT2D eigenvalue weighted by Gasteiger charge is -2.14. The maximum Gasteiger partial charge on any atom is 0.414 e. The fourth-order valence-corrected chi connectivity index (χ4v) is 3.54. The van der Waals surface area contributed by atoms with Crippen molar-refractivity contribution < 1.29 is 28.7 Å². The number of hydrogen-bond donors (Lipinski definition) is 2. The molecule has 2 aliphatic heterocycles. The molecule has 31 heavy (non-hydrogen) atoms. The Morgan fingerprint density at radius 2 is 1.97 bits per heavy atom. The zero-order valence-corrected chi connectivity index (χ0v) is 16.9. The van der Waals surface area contributed by atoms with Crippen LogP contribution in [-0.2, 0) is 14.4 Å². The lowest BCUT2D eigenvalue weighted by Crippen LogP contribution is -2.30. The quantitative estimate of drug-likeness (QED) is 0.738. The van der Waals surface area contributed by atoms with Crippen molar-refractivity contribution in [3.63, 3.8) is 0 Å². The molecule has 2 aromatic rings. The number of anilines is 1. The first-order valence-corrected chi connectivity index (χ1v) is 9.91. The molecule has 1 fully saturated rings. The average Bonchev–Trinajstić information content (AvgIpc) is 3.39. The SMILES string of the molecule is CC(=O)NCC1CC(c2ccc(-c3ccc(N4C[C@H](CO)OC4=O)cc3)c(F)c2)=NO1. The number of aliphatic hydroxyl groups is 1. The van der Waals surface area contributed by atoms with Gasteiger partial charge in [0.25, 0.3) is 0 Å². The number of cyclic esters (lactones) is 1. The van der Waals surface area contributed by atoms with Crippen LogP contribution in [0.25, 0.3) is 11.1 Å². The van der Waals surface area contributed by atoms with Crippen LogP contribution < -0.4 is 10.2 Å². The van der Waals surface area contributed by atoms with Gasteiger partial charge in [-0.1, -0.05) is 29.4 Å². The minimum atomic E-state index is -0.544. The first-order valence-electron chi connectivity index (χ1n) is 9.91. The largest absolute Gasteiger partial charge is 0.441 e. The molecule has 162 valence electrons. The van der Waals surface area contributed by atoms with Gasteiger partial charge in [0.1, 0.15) is 18.0 Å². The summed E-state index contributed by atoms with van der Waals surface area (Å²) < 4.78 is 19.9. The maximum absolute atomic E-state index is 14.8. The molecular formula is C22H22FN3O5. The van der Waals surface area contributed by atoms with Gasteiger partial charge in [-0.2, -0.15) is 0 Å². The summed E-state index contributed by atoms with van der Waals surface area (Å²) in [6, 6.07) is 11.7. The van der Waals surface area contributed by atoms with Crippen molar-refractivity contribution in [2.75, 3.05) is 24.6 Å². The number of halogens is 1. The summed E-state index contributed by atoms with van der Waals surface area (Å²) in [5, 5.41) is 15.9. The number of hydrogen-bond acceptors (Lipinski definition) is 6. The molecule has 0 aromatic heterocycles. The Morgan fingerprint density at radius 1 is 1.23 bits per heavy atom. The van der Waals surface area contributed by atoms with Gasteiger partial charge >= 0.3 is 6.09 Å². The molecule has 2 N–H and O–H groups in total. The van der Waals surface area contributed by atoms with Crippen LogP contribution in [0.5, 0.6) is 0 Å². The topological polar surface area (TPSA) is 100 Å².